The summed E-state index contributed by atoms with van der Waals surface area (Å²) in [5.41, 5.74) is 0.938. The minimum absolute atomic E-state index is 0.239. The highest BCUT2D eigenvalue weighted by Crippen LogP contribution is 2.02. The first-order valence-electron chi connectivity index (χ1n) is 5.61. The van der Waals surface area contributed by atoms with E-state index in [1.165, 1.54) is 0 Å². The van der Waals surface area contributed by atoms with E-state index in [-0.39, 0.29) is 12.6 Å². The number of benzene rings is 1. The quantitative estimate of drug-likeness (QED) is 0.703. The summed E-state index contributed by atoms with van der Waals surface area (Å²) in [6.07, 6.45) is -1.04. The van der Waals surface area contributed by atoms with E-state index in [1.54, 1.807) is 0 Å². The summed E-state index contributed by atoms with van der Waals surface area (Å²) in [6.45, 7) is 1.31. The molecule has 3 N–H and O–H groups in total. The molecule has 2 rings (SSSR count). The third kappa shape index (κ3) is 3.44. The van der Waals surface area contributed by atoms with E-state index in [4.69, 9.17) is 4.74 Å². The zero-order valence-corrected chi connectivity index (χ0v) is 9.43. The summed E-state index contributed by atoms with van der Waals surface area (Å²) < 4.78 is 5.05. The number of alkyl carbamates (subject to hydrolysis) is 1. The Balaban J connectivity index is 1.74. The van der Waals surface area contributed by atoms with Gasteiger partial charge in [-0.25, -0.2) is 4.79 Å². The van der Waals surface area contributed by atoms with Crippen LogP contribution in [0.3, 0.4) is 0 Å². The second kappa shape index (κ2) is 5.65. The van der Waals surface area contributed by atoms with Gasteiger partial charge >= 0.3 is 6.09 Å². The van der Waals surface area contributed by atoms with Crippen LogP contribution in [0.2, 0.25) is 0 Å². The first-order valence-corrected chi connectivity index (χ1v) is 5.61. The van der Waals surface area contributed by atoms with Crippen LogP contribution in [0.5, 0.6) is 0 Å². The maximum atomic E-state index is 11.4. The van der Waals surface area contributed by atoms with Crippen molar-refractivity contribution in [2.75, 3.05) is 13.1 Å². The average molecular weight is 236 g/mol. The molecule has 0 radical (unpaired) electrons. The van der Waals surface area contributed by atoms with Gasteiger partial charge in [-0.2, -0.15) is 0 Å². The number of carbonyl (C=O) groups excluding carboxylic acids is 1. The van der Waals surface area contributed by atoms with Gasteiger partial charge < -0.3 is 20.5 Å². The number of hydrogen-bond donors (Lipinski definition) is 3. The van der Waals surface area contributed by atoms with Gasteiger partial charge in [0.2, 0.25) is 0 Å². The predicted octanol–water partition coefficient (Wildman–Crippen LogP) is 0.245. The molecule has 17 heavy (non-hydrogen) atoms. The van der Waals surface area contributed by atoms with Crippen LogP contribution in [0.1, 0.15) is 5.56 Å². The van der Waals surface area contributed by atoms with Crippen molar-refractivity contribution in [2.45, 2.75) is 18.8 Å². The molecular formula is C12H16N2O3. The van der Waals surface area contributed by atoms with Gasteiger partial charge in [-0.05, 0) is 5.56 Å². The molecular weight excluding hydrogens is 220 g/mol. The molecule has 0 aromatic heterocycles. The molecule has 0 saturated carbocycles. The van der Waals surface area contributed by atoms with Crippen molar-refractivity contribution < 1.29 is 14.6 Å². The number of ether oxygens (including phenoxy) is 1. The van der Waals surface area contributed by atoms with E-state index >= 15 is 0 Å². The number of aliphatic hydroxyl groups excluding tert-OH is 1. The van der Waals surface area contributed by atoms with Gasteiger partial charge in [-0.15, -0.1) is 0 Å². The Morgan fingerprint density at radius 1 is 1.41 bits per heavy atom. The summed E-state index contributed by atoms with van der Waals surface area (Å²) >= 11 is 0. The molecule has 0 aliphatic carbocycles. The van der Waals surface area contributed by atoms with E-state index < -0.39 is 12.2 Å². The van der Waals surface area contributed by atoms with Crippen molar-refractivity contribution in [3.8, 4) is 0 Å². The Morgan fingerprint density at radius 2 is 2.18 bits per heavy atom. The molecule has 1 heterocycles. The molecule has 1 fully saturated rings. The Bertz CT molecular complexity index is 369. The van der Waals surface area contributed by atoms with Crippen LogP contribution in [-0.4, -0.2) is 36.4 Å². The Kier molecular flexibility index (Phi) is 3.95. The van der Waals surface area contributed by atoms with Crippen molar-refractivity contribution in [1.29, 1.82) is 0 Å². The number of carbonyl (C=O) groups is 1. The van der Waals surface area contributed by atoms with Crippen LogP contribution in [-0.2, 0) is 11.3 Å². The molecule has 1 aliphatic rings. The smallest absolute Gasteiger partial charge is 0.407 e. The van der Waals surface area contributed by atoms with Crippen molar-refractivity contribution in [2.24, 2.45) is 0 Å². The van der Waals surface area contributed by atoms with Crippen LogP contribution >= 0.6 is 0 Å². The zero-order valence-electron chi connectivity index (χ0n) is 9.43. The number of nitrogens with one attached hydrogen (secondary N) is 2. The lowest BCUT2D eigenvalue weighted by Gasteiger charge is -2.15. The average Bonchev–Trinajstić information content (AvgIpc) is 2.74. The second-order valence-electron chi connectivity index (χ2n) is 4.04. The van der Waals surface area contributed by atoms with E-state index in [9.17, 15) is 9.90 Å². The molecule has 5 heteroatoms. The first-order chi connectivity index (χ1) is 8.25. The van der Waals surface area contributed by atoms with Gasteiger partial charge in [-0.3, -0.25) is 0 Å². The van der Waals surface area contributed by atoms with Crippen LogP contribution in [0.4, 0.5) is 4.79 Å². The Labute approximate surface area is 99.8 Å². The maximum Gasteiger partial charge on any atom is 0.407 e. The number of aliphatic hydroxyl groups is 1. The van der Waals surface area contributed by atoms with Crippen LogP contribution in [0.15, 0.2) is 30.3 Å². The lowest BCUT2D eigenvalue weighted by Crippen LogP contribution is -2.42. The molecule has 0 unspecified atom stereocenters. The van der Waals surface area contributed by atoms with Crippen molar-refractivity contribution in [3.05, 3.63) is 35.9 Å². The SMILES string of the molecule is O=C(N[C@@H]1CNC[C@@H]1O)OCc1ccccc1. The van der Waals surface area contributed by atoms with Crippen LogP contribution in [0.25, 0.3) is 0 Å². The summed E-state index contributed by atoms with van der Waals surface area (Å²) in [5.74, 6) is 0. The number of hydrogen-bond acceptors (Lipinski definition) is 4. The summed E-state index contributed by atoms with van der Waals surface area (Å²) in [6, 6.07) is 9.20. The highest BCUT2D eigenvalue weighted by atomic mass is 16.5. The topological polar surface area (TPSA) is 70.6 Å². The molecule has 0 bridgehead atoms. The second-order valence-corrected chi connectivity index (χ2v) is 4.04. The normalized spacial score (nSPS) is 23.4. The fourth-order valence-corrected chi connectivity index (χ4v) is 1.73. The van der Waals surface area contributed by atoms with Gasteiger partial charge in [0.05, 0.1) is 12.1 Å². The fraction of sp³-hybridized carbons (Fsp3) is 0.417. The molecule has 1 amide bonds. The summed E-state index contributed by atoms with van der Waals surface area (Å²) in [4.78, 5) is 11.4. The van der Waals surface area contributed by atoms with Gasteiger partial charge in [0.1, 0.15) is 6.61 Å². The lowest BCUT2D eigenvalue weighted by molar-refractivity contribution is 0.118. The highest BCUT2D eigenvalue weighted by molar-refractivity contribution is 5.67. The van der Waals surface area contributed by atoms with Gasteiger partial charge in [0.15, 0.2) is 0 Å². The van der Waals surface area contributed by atoms with Crippen molar-refractivity contribution in [3.63, 3.8) is 0 Å². The van der Waals surface area contributed by atoms with E-state index in [0.29, 0.717) is 13.1 Å². The number of rotatable bonds is 3. The Hall–Kier alpha value is -1.59. The summed E-state index contributed by atoms with van der Waals surface area (Å²) in [7, 11) is 0. The molecule has 1 aliphatic heterocycles. The Morgan fingerprint density at radius 3 is 2.82 bits per heavy atom. The largest absolute Gasteiger partial charge is 0.445 e. The molecule has 1 aromatic rings. The fourth-order valence-electron chi connectivity index (χ4n) is 1.73. The van der Waals surface area contributed by atoms with E-state index in [0.717, 1.165) is 5.56 Å². The molecule has 0 spiro atoms. The molecule has 2 atom stereocenters. The molecule has 92 valence electrons. The lowest BCUT2D eigenvalue weighted by atomic mass is 10.2. The van der Waals surface area contributed by atoms with Gasteiger partial charge in [-0.1, -0.05) is 30.3 Å². The third-order valence-electron chi connectivity index (χ3n) is 2.70. The van der Waals surface area contributed by atoms with Crippen molar-refractivity contribution in [1.82, 2.24) is 10.6 Å². The van der Waals surface area contributed by atoms with Gasteiger partial charge in [0.25, 0.3) is 0 Å². The number of amides is 1. The first kappa shape index (κ1) is 11.9. The molecule has 1 saturated heterocycles. The number of β-amino-alcohol motifs (C(OH)–C–C–N with tert-alkyl or cyclic N) is 1. The van der Waals surface area contributed by atoms with Crippen LogP contribution < -0.4 is 10.6 Å². The highest BCUT2D eigenvalue weighted by Gasteiger charge is 2.26. The third-order valence-corrected chi connectivity index (χ3v) is 2.70. The van der Waals surface area contributed by atoms with E-state index in [2.05, 4.69) is 10.6 Å². The minimum atomic E-state index is -0.542. The predicted molar refractivity (Wildman–Crippen MR) is 62.4 cm³/mol. The zero-order chi connectivity index (χ0) is 12.1. The van der Waals surface area contributed by atoms with Crippen molar-refractivity contribution >= 4 is 6.09 Å². The summed E-state index contributed by atoms with van der Waals surface area (Å²) in [5, 5.41) is 15.1. The van der Waals surface area contributed by atoms with Gasteiger partial charge in [0, 0.05) is 13.1 Å². The maximum absolute atomic E-state index is 11.4. The monoisotopic (exact) mass is 236 g/mol. The standard InChI is InChI=1S/C12H16N2O3/c15-11-7-13-6-10(11)14-12(16)17-8-9-4-2-1-3-5-9/h1-5,10-11,13,15H,6-8H2,(H,14,16)/t10-,11+/m1/s1. The van der Waals surface area contributed by atoms with Crippen LogP contribution in [0, 0.1) is 0 Å². The van der Waals surface area contributed by atoms with E-state index in [1.807, 2.05) is 30.3 Å². The minimum Gasteiger partial charge on any atom is -0.445 e. The molecule has 1 aromatic carbocycles. The molecule has 5 nitrogen and oxygen atoms in total.